The van der Waals surface area contributed by atoms with E-state index in [0.717, 1.165) is 18.2 Å². The van der Waals surface area contributed by atoms with Crippen molar-refractivity contribution in [2.45, 2.75) is 6.04 Å². The first-order chi connectivity index (χ1) is 9.58. The highest BCUT2D eigenvalue weighted by molar-refractivity contribution is 5.22. The van der Waals surface area contributed by atoms with E-state index in [1.165, 1.54) is 0 Å². The minimum Gasteiger partial charge on any atom is -0.383 e. The number of hydrogen-bond donors (Lipinski definition) is 1. The Hall–Kier alpha value is -1.08. The van der Waals surface area contributed by atoms with E-state index in [1.54, 1.807) is 14.2 Å². The van der Waals surface area contributed by atoms with Crippen LogP contribution in [0.5, 0.6) is 0 Å². The van der Waals surface area contributed by atoms with E-state index in [0.29, 0.717) is 32.8 Å². The van der Waals surface area contributed by atoms with Gasteiger partial charge in [0.25, 0.3) is 0 Å². The van der Waals surface area contributed by atoms with Crippen LogP contribution in [0.1, 0.15) is 11.6 Å². The number of halogens is 2. The second kappa shape index (κ2) is 8.97. The predicted octanol–water partition coefficient (Wildman–Crippen LogP) is 1.56. The standard InChI is InChI=1S/C14H22F2N2O2/c1-19-7-5-18(6-8-20-2)10-14(17)12-9-11(15)3-4-13(12)16/h3-4,9,14H,5-8,10,17H2,1-2H3. The second-order valence-electron chi connectivity index (χ2n) is 4.56. The number of rotatable bonds is 9. The van der Waals surface area contributed by atoms with Crippen molar-refractivity contribution in [3.63, 3.8) is 0 Å². The van der Waals surface area contributed by atoms with Crippen molar-refractivity contribution in [2.75, 3.05) is 47.1 Å². The van der Waals surface area contributed by atoms with Crippen LogP contribution in [0.25, 0.3) is 0 Å². The molecular formula is C14H22F2N2O2. The van der Waals surface area contributed by atoms with Crippen molar-refractivity contribution in [3.8, 4) is 0 Å². The van der Waals surface area contributed by atoms with E-state index >= 15 is 0 Å². The third-order valence-electron chi connectivity index (χ3n) is 3.04. The zero-order chi connectivity index (χ0) is 15.0. The van der Waals surface area contributed by atoms with Crippen LogP contribution in [0.4, 0.5) is 8.78 Å². The molecule has 0 amide bonds. The monoisotopic (exact) mass is 288 g/mol. The van der Waals surface area contributed by atoms with Crippen LogP contribution in [0.3, 0.4) is 0 Å². The lowest BCUT2D eigenvalue weighted by molar-refractivity contribution is 0.110. The third kappa shape index (κ3) is 5.50. The van der Waals surface area contributed by atoms with Gasteiger partial charge < -0.3 is 15.2 Å². The summed E-state index contributed by atoms with van der Waals surface area (Å²) in [4.78, 5) is 2.00. The summed E-state index contributed by atoms with van der Waals surface area (Å²) in [5.74, 6) is -0.977. The molecule has 1 aromatic carbocycles. The number of hydrogen-bond acceptors (Lipinski definition) is 4. The summed E-state index contributed by atoms with van der Waals surface area (Å²) in [6, 6.07) is 2.72. The highest BCUT2D eigenvalue weighted by Gasteiger charge is 2.16. The molecule has 1 rings (SSSR count). The fourth-order valence-electron chi connectivity index (χ4n) is 1.91. The summed E-state index contributed by atoms with van der Waals surface area (Å²) in [6.45, 7) is 2.81. The van der Waals surface area contributed by atoms with E-state index in [4.69, 9.17) is 15.2 Å². The Labute approximate surface area is 118 Å². The zero-order valence-corrected chi connectivity index (χ0v) is 11.9. The zero-order valence-electron chi connectivity index (χ0n) is 11.9. The van der Waals surface area contributed by atoms with E-state index in [9.17, 15) is 8.78 Å². The van der Waals surface area contributed by atoms with Gasteiger partial charge in [-0.25, -0.2) is 8.78 Å². The van der Waals surface area contributed by atoms with Crippen molar-refractivity contribution in [3.05, 3.63) is 35.4 Å². The molecule has 4 nitrogen and oxygen atoms in total. The maximum atomic E-state index is 13.7. The van der Waals surface area contributed by atoms with Crippen LogP contribution in [0, 0.1) is 11.6 Å². The van der Waals surface area contributed by atoms with Gasteiger partial charge in [-0.1, -0.05) is 0 Å². The summed E-state index contributed by atoms with van der Waals surface area (Å²) in [5, 5.41) is 0. The van der Waals surface area contributed by atoms with Gasteiger partial charge in [0.05, 0.1) is 13.2 Å². The molecule has 0 heterocycles. The molecule has 1 atom stereocenters. The van der Waals surface area contributed by atoms with Crippen LogP contribution in [0.15, 0.2) is 18.2 Å². The van der Waals surface area contributed by atoms with Crippen LogP contribution >= 0.6 is 0 Å². The molecule has 0 spiro atoms. The topological polar surface area (TPSA) is 47.7 Å². The molecular weight excluding hydrogens is 266 g/mol. The van der Waals surface area contributed by atoms with Crippen molar-refractivity contribution >= 4 is 0 Å². The van der Waals surface area contributed by atoms with E-state index in [1.807, 2.05) is 4.90 Å². The maximum absolute atomic E-state index is 13.7. The Morgan fingerprint density at radius 1 is 1.15 bits per heavy atom. The van der Waals surface area contributed by atoms with Crippen LogP contribution in [-0.2, 0) is 9.47 Å². The molecule has 0 radical (unpaired) electrons. The molecule has 0 fully saturated rings. The Kier molecular flexibility index (Phi) is 7.61. The van der Waals surface area contributed by atoms with Crippen LogP contribution in [-0.4, -0.2) is 52.0 Å². The van der Waals surface area contributed by atoms with Gasteiger partial charge >= 0.3 is 0 Å². The van der Waals surface area contributed by atoms with Gasteiger partial charge in [-0.3, -0.25) is 4.90 Å². The lowest BCUT2D eigenvalue weighted by Gasteiger charge is -2.25. The second-order valence-corrected chi connectivity index (χ2v) is 4.56. The summed E-state index contributed by atoms with van der Waals surface area (Å²) >= 11 is 0. The van der Waals surface area contributed by atoms with E-state index in [-0.39, 0.29) is 5.56 Å². The van der Waals surface area contributed by atoms with Gasteiger partial charge in [-0.05, 0) is 18.2 Å². The molecule has 0 bridgehead atoms. The molecule has 6 heteroatoms. The number of methoxy groups -OCH3 is 2. The van der Waals surface area contributed by atoms with E-state index in [2.05, 4.69) is 0 Å². The SMILES string of the molecule is COCCN(CCOC)CC(N)c1cc(F)ccc1F. The van der Waals surface area contributed by atoms with Gasteiger partial charge in [0.1, 0.15) is 11.6 Å². The molecule has 0 saturated heterocycles. The largest absolute Gasteiger partial charge is 0.383 e. The average molecular weight is 288 g/mol. The average Bonchev–Trinajstić information content (AvgIpc) is 2.44. The van der Waals surface area contributed by atoms with Crippen LogP contribution < -0.4 is 5.73 Å². The molecule has 0 aliphatic rings. The summed E-state index contributed by atoms with van der Waals surface area (Å²) in [7, 11) is 3.22. The summed E-state index contributed by atoms with van der Waals surface area (Å²) in [5.41, 5.74) is 6.16. The first-order valence-corrected chi connectivity index (χ1v) is 6.49. The van der Waals surface area contributed by atoms with Crippen molar-refractivity contribution < 1.29 is 18.3 Å². The van der Waals surface area contributed by atoms with Gasteiger partial charge in [0, 0.05) is 45.5 Å². The van der Waals surface area contributed by atoms with Gasteiger partial charge in [-0.2, -0.15) is 0 Å². The first-order valence-electron chi connectivity index (χ1n) is 6.49. The molecule has 1 unspecified atom stereocenters. The first kappa shape index (κ1) is 17.0. The third-order valence-corrected chi connectivity index (χ3v) is 3.04. The molecule has 1 aromatic rings. The number of nitrogens with zero attached hydrogens (tertiary/aromatic N) is 1. The molecule has 2 N–H and O–H groups in total. The molecule has 0 aliphatic carbocycles. The molecule has 114 valence electrons. The van der Waals surface area contributed by atoms with Crippen LogP contribution in [0.2, 0.25) is 0 Å². The number of ether oxygens (including phenoxy) is 2. The normalized spacial score (nSPS) is 12.9. The Bertz CT molecular complexity index is 397. The minimum absolute atomic E-state index is 0.185. The fourth-order valence-corrected chi connectivity index (χ4v) is 1.91. The lowest BCUT2D eigenvalue weighted by atomic mass is 10.1. The van der Waals surface area contributed by atoms with E-state index < -0.39 is 17.7 Å². The van der Waals surface area contributed by atoms with Gasteiger partial charge in [0.2, 0.25) is 0 Å². The van der Waals surface area contributed by atoms with Gasteiger partial charge in [0.15, 0.2) is 0 Å². The quantitative estimate of drug-likeness (QED) is 0.749. The molecule has 0 aromatic heterocycles. The Morgan fingerprint density at radius 2 is 1.75 bits per heavy atom. The highest BCUT2D eigenvalue weighted by atomic mass is 19.1. The molecule has 0 aliphatic heterocycles. The smallest absolute Gasteiger partial charge is 0.128 e. The maximum Gasteiger partial charge on any atom is 0.128 e. The number of nitrogens with two attached hydrogens (primary N) is 1. The van der Waals surface area contributed by atoms with Gasteiger partial charge in [-0.15, -0.1) is 0 Å². The summed E-state index contributed by atoms with van der Waals surface area (Å²) in [6.07, 6.45) is 0. The lowest BCUT2D eigenvalue weighted by Crippen LogP contribution is -2.37. The summed E-state index contributed by atoms with van der Waals surface area (Å²) < 4.78 is 36.9. The van der Waals surface area contributed by atoms with Crippen molar-refractivity contribution in [2.24, 2.45) is 5.73 Å². The Balaban J connectivity index is 2.67. The highest BCUT2D eigenvalue weighted by Crippen LogP contribution is 2.17. The predicted molar refractivity (Wildman–Crippen MR) is 73.5 cm³/mol. The number of benzene rings is 1. The fraction of sp³-hybridized carbons (Fsp3) is 0.571. The Morgan fingerprint density at radius 3 is 2.30 bits per heavy atom. The minimum atomic E-state index is -0.598. The van der Waals surface area contributed by atoms with Crippen molar-refractivity contribution in [1.82, 2.24) is 4.90 Å². The molecule has 20 heavy (non-hydrogen) atoms. The van der Waals surface area contributed by atoms with Crippen molar-refractivity contribution in [1.29, 1.82) is 0 Å². The molecule has 0 saturated carbocycles.